The lowest BCUT2D eigenvalue weighted by Gasteiger charge is -2.18. The quantitative estimate of drug-likeness (QED) is 0.224. The molecule has 0 bridgehead atoms. The molecular formula is C13H26N4O3. The van der Waals surface area contributed by atoms with Crippen LogP contribution in [-0.2, 0) is 9.59 Å². The zero-order chi connectivity index (χ0) is 15.7. The van der Waals surface area contributed by atoms with Gasteiger partial charge in [0.15, 0.2) is 5.84 Å². The molecule has 2 amide bonds. The largest absolute Gasteiger partial charge is 0.409 e. The number of oxime groups is 1. The molecule has 0 radical (unpaired) electrons. The van der Waals surface area contributed by atoms with Crippen molar-refractivity contribution >= 4 is 17.6 Å². The molecule has 0 rings (SSSR count). The highest BCUT2D eigenvalue weighted by Crippen LogP contribution is 2.11. The molecule has 0 aliphatic heterocycles. The third-order valence-corrected chi connectivity index (χ3v) is 3.05. The molecule has 7 heteroatoms. The van der Waals surface area contributed by atoms with Gasteiger partial charge in [0, 0.05) is 19.0 Å². The Balaban J connectivity index is 4.24. The normalized spacial score (nSPS) is 14.8. The SMILES string of the molecule is CCC(C)NC(=O)CCNC(=O)C(C(N)=NO)C(C)C. The smallest absolute Gasteiger partial charge is 0.231 e. The molecule has 20 heavy (non-hydrogen) atoms. The van der Waals surface area contributed by atoms with E-state index in [1.165, 1.54) is 0 Å². The molecule has 7 nitrogen and oxygen atoms in total. The average Bonchev–Trinajstić information content (AvgIpc) is 2.37. The zero-order valence-corrected chi connectivity index (χ0v) is 12.6. The maximum Gasteiger partial charge on any atom is 0.231 e. The Hall–Kier alpha value is -1.79. The van der Waals surface area contributed by atoms with Gasteiger partial charge in [-0.25, -0.2) is 0 Å². The lowest BCUT2D eigenvalue weighted by atomic mass is 9.94. The van der Waals surface area contributed by atoms with Gasteiger partial charge >= 0.3 is 0 Å². The van der Waals surface area contributed by atoms with Gasteiger partial charge in [0.25, 0.3) is 0 Å². The first kappa shape index (κ1) is 18.2. The first-order valence-corrected chi connectivity index (χ1v) is 6.87. The van der Waals surface area contributed by atoms with E-state index in [2.05, 4.69) is 15.8 Å². The van der Waals surface area contributed by atoms with Gasteiger partial charge < -0.3 is 21.6 Å². The minimum absolute atomic E-state index is 0.0974. The Bertz CT molecular complexity index is 356. The fourth-order valence-electron chi connectivity index (χ4n) is 1.70. The van der Waals surface area contributed by atoms with Crippen molar-refractivity contribution in [1.29, 1.82) is 0 Å². The minimum Gasteiger partial charge on any atom is -0.409 e. The molecule has 0 saturated carbocycles. The van der Waals surface area contributed by atoms with E-state index in [-0.39, 0.29) is 42.6 Å². The van der Waals surface area contributed by atoms with Gasteiger partial charge in [-0.1, -0.05) is 25.9 Å². The van der Waals surface area contributed by atoms with Crippen molar-refractivity contribution < 1.29 is 14.8 Å². The number of rotatable bonds is 8. The number of nitrogens with two attached hydrogens (primary N) is 1. The van der Waals surface area contributed by atoms with E-state index in [4.69, 9.17) is 10.9 Å². The number of nitrogens with one attached hydrogen (secondary N) is 2. The molecule has 0 fully saturated rings. The monoisotopic (exact) mass is 286 g/mol. The lowest BCUT2D eigenvalue weighted by molar-refractivity contribution is -0.124. The van der Waals surface area contributed by atoms with E-state index in [0.717, 1.165) is 6.42 Å². The second-order valence-electron chi connectivity index (χ2n) is 5.16. The van der Waals surface area contributed by atoms with Crippen molar-refractivity contribution in [3.8, 4) is 0 Å². The van der Waals surface area contributed by atoms with Crippen LogP contribution in [0.4, 0.5) is 0 Å². The molecule has 0 spiro atoms. The maximum atomic E-state index is 11.9. The van der Waals surface area contributed by atoms with E-state index >= 15 is 0 Å². The van der Waals surface area contributed by atoms with Gasteiger partial charge in [-0.15, -0.1) is 0 Å². The molecule has 0 aromatic heterocycles. The van der Waals surface area contributed by atoms with E-state index in [1.54, 1.807) is 13.8 Å². The number of hydrogen-bond acceptors (Lipinski definition) is 4. The highest BCUT2D eigenvalue weighted by Gasteiger charge is 2.26. The van der Waals surface area contributed by atoms with Crippen LogP contribution in [0.25, 0.3) is 0 Å². The number of hydrogen-bond donors (Lipinski definition) is 4. The van der Waals surface area contributed by atoms with Crippen LogP contribution in [0, 0.1) is 11.8 Å². The van der Waals surface area contributed by atoms with Gasteiger partial charge in [-0.2, -0.15) is 0 Å². The van der Waals surface area contributed by atoms with E-state index in [0.29, 0.717) is 0 Å². The third kappa shape index (κ3) is 6.40. The van der Waals surface area contributed by atoms with Crippen molar-refractivity contribution in [2.24, 2.45) is 22.7 Å². The van der Waals surface area contributed by atoms with Gasteiger partial charge in [0.2, 0.25) is 11.8 Å². The Morgan fingerprint density at radius 3 is 2.35 bits per heavy atom. The summed E-state index contributed by atoms with van der Waals surface area (Å²) in [6, 6.07) is 0.124. The van der Waals surface area contributed by atoms with Gasteiger partial charge in [-0.05, 0) is 19.3 Å². The van der Waals surface area contributed by atoms with Crippen molar-refractivity contribution in [1.82, 2.24) is 10.6 Å². The fourth-order valence-corrected chi connectivity index (χ4v) is 1.70. The molecular weight excluding hydrogens is 260 g/mol. The number of amidine groups is 1. The molecule has 0 aromatic carbocycles. The summed E-state index contributed by atoms with van der Waals surface area (Å²) in [6.45, 7) is 7.74. The molecule has 0 aliphatic carbocycles. The van der Waals surface area contributed by atoms with Crippen LogP contribution in [0.2, 0.25) is 0 Å². The summed E-state index contributed by atoms with van der Waals surface area (Å²) in [4.78, 5) is 23.5. The van der Waals surface area contributed by atoms with E-state index in [9.17, 15) is 9.59 Å². The zero-order valence-electron chi connectivity index (χ0n) is 12.6. The Morgan fingerprint density at radius 1 is 1.30 bits per heavy atom. The summed E-state index contributed by atoms with van der Waals surface area (Å²) in [5.41, 5.74) is 5.49. The number of carbonyl (C=O) groups excluding carboxylic acids is 2. The molecule has 0 aromatic rings. The van der Waals surface area contributed by atoms with Crippen molar-refractivity contribution in [2.75, 3.05) is 6.54 Å². The second kappa shape index (κ2) is 9.17. The van der Waals surface area contributed by atoms with Crippen molar-refractivity contribution in [3.63, 3.8) is 0 Å². The van der Waals surface area contributed by atoms with Crippen LogP contribution in [0.1, 0.15) is 40.5 Å². The standard InChI is InChI=1S/C13H26N4O3/c1-5-9(4)16-10(18)6-7-15-13(19)11(8(2)3)12(14)17-20/h8-9,11,20H,5-7H2,1-4H3,(H2,14,17)(H,15,19)(H,16,18). The molecule has 0 aliphatic rings. The lowest BCUT2D eigenvalue weighted by Crippen LogP contribution is -2.43. The number of carbonyl (C=O) groups is 2. The summed E-state index contributed by atoms with van der Waals surface area (Å²) in [7, 11) is 0. The third-order valence-electron chi connectivity index (χ3n) is 3.05. The summed E-state index contributed by atoms with van der Waals surface area (Å²) in [5.74, 6) is -1.37. The topological polar surface area (TPSA) is 117 Å². The fraction of sp³-hybridized carbons (Fsp3) is 0.769. The summed E-state index contributed by atoms with van der Waals surface area (Å²) in [6.07, 6.45) is 1.06. The van der Waals surface area contributed by atoms with Gasteiger partial charge in [0.1, 0.15) is 5.92 Å². The predicted octanol–water partition coefficient (Wildman–Crippen LogP) is 0.426. The van der Waals surface area contributed by atoms with Gasteiger partial charge in [0.05, 0.1) is 0 Å². The molecule has 2 atom stereocenters. The predicted molar refractivity (Wildman–Crippen MR) is 77.3 cm³/mol. The van der Waals surface area contributed by atoms with Crippen molar-refractivity contribution in [3.05, 3.63) is 0 Å². The second-order valence-corrected chi connectivity index (χ2v) is 5.16. The molecule has 5 N–H and O–H groups in total. The van der Waals surface area contributed by atoms with Crippen LogP contribution in [0.3, 0.4) is 0 Å². The van der Waals surface area contributed by atoms with Crippen LogP contribution in [0.5, 0.6) is 0 Å². The first-order chi connectivity index (χ1) is 9.33. The van der Waals surface area contributed by atoms with Crippen LogP contribution >= 0.6 is 0 Å². The Labute approximate surface area is 120 Å². The number of amides is 2. The van der Waals surface area contributed by atoms with Crippen LogP contribution < -0.4 is 16.4 Å². The molecule has 116 valence electrons. The maximum absolute atomic E-state index is 11.9. The molecule has 0 saturated heterocycles. The van der Waals surface area contributed by atoms with Crippen LogP contribution in [-0.4, -0.2) is 35.4 Å². The molecule has 0 heterocycles. The average molecular weight is 286 g/mol. The first-order valence-electron chi connectivity index (χ1n) is 6.87. The summed E-state index contributed by atoms with van der Waals surface area (Å²) in [5, 5.41) is 17.0. The highest BCUT2D eigenvalue weighted by molar-refractivity contribution is 6.02. The van der Waals surface area contributed by atoms with Gasteiger partial charge in [-0.3, -0.25) is 9.59 Å². The van der Waals surface area contributed by atoms with E-state index < -0.39 is 5.92 Å². The minimum atomic E-state index is -0.697. The Morgan fingerprint density at radius 2 is 1.90 bits per heavy atom. The summed E-state index contributed by atoms with van der Waals surface area (Å²) >= 11 is 0. The molecule has 2 unspecified atom stereocenters. The summed E-state index contributed by atoms with van der Waals surface area (Å²) < 4.78 is 0. The Kier molecular flexibility index (Phi) is 8.35. The number of nitrogens with zero attached hydrogens (tertiary/aromatic N) is 1. The van der Waals surface area contributed by atoms with E-state index in [1.807, 2.05) is 13.8 Å². The van der Waals surface area contributed by atoms with Crippen molar-refractivity contribution in [2.45, 2.75) is 46.6 Å². The van der Waals surface area contributed by atoms with Crippen LogP contribution in [0.15, 0.2) is 5.16 Å². The highest BCUT2D eigenvalue weighted by atomic mass is 16.4.